The average molecular weight is 461 g/mol. The summed E-state index contributed by atoms with van der Waals surface area (Å²) in [5, 5.41) is 17.2. The fraction of sp³-hybridized carbons (Fsp3) is 0.321. The van der Waals surface area contributed by atoms with Crippen molar-refractivity contribution in [2.24, 2.45) is 11.8 Å². The molecule has 2 amide bonds. The monoisotopic (exact) mass is 460 g/mol. The molecular formula is C28H32N2O4. The van der Waals surface area contributed by atoms with Crippen LogP contribution in [-0.2, 0) is 27.3 Å². The van der Waals surface area contributed by atoms with E-state index in [9.17, 15) is 19.5 Å². The van der Waals surface area contributed by atoms with Gasteiger partial charge in [0.25, 0.3) is 0 Å². The Kier molecular flexibility index (Phi) is 8.79. The molecule has 3 aromatic carbocycles. The van der Waals surface area contributed by atoms with Crippen LogP contribution < -0.4 is 10.6 Å². The summed E-state index contributed by atoms with van der Waals surface area (Å²) in [5.41, 5.74) is 1.87. The Labute approximate surface area is 200 Å². The van der Waals surface area contributed by atoms with E-state index in [1.165, 1.54) is 0 Å². The van der Waals surface area contributed by atoms with Crippen molar-refractivity contribution in [1.82, 2.24) is 10.6 Å². The molecule has 0 aliphatic heterocycles. The van der Waals surface area contributed by atoms with Crippen molar-refractivity contribution in [1.29, 1.82) is 0 Å². The first kappa shape index (κ1) is 25.0. The lowest BCUT2D eigenvalue weighted by Gasteiger charge is -2.23. The molecule has 0 bridgehead atoms. The zero-order valence-corrected chi connectivity index (χ0v) is 19.7. The number of aliphatic carboxylic acids is 1. The van der Waals surface area contributed by atoms with E-state index in [0.717, 1.165) is 21.9 Å². The van der Waals surface area contributed by atoms with Crippen LogP contribution in [0.15, 0.2) is 72.8 Å². The lowest BCUT2D eigenvalue weighted by atomic mass is 9.92. The highest BCUT2D eigenvalue weighted by atomic mass is 16.4. The average Bonchev–Trinajstić information content (AvgIpc) is 2.81. The molecule has 6 nitrogen and oxygen atoms in total. The highest BCUT2D eigenvalue weighted by molar-refractivity contribution is 5.90. The van der Waals surface area contributed by atoms with Crippen LogP contribution in [0.25, 0.3) is 10.8 Å². The second kappa shape index (κ2) is 12.0. The molecule has 6 heteroatoms. The zero-order chi connectivity index (χ0) is 24.5. The minimum absolute atomic E-state index is 0.154. The van der Waals surface area contributed by atoms with Gasteiger partial charge in [0.05, 0.1) is 6.42 Å². The number of hydrogen-bond donors (Lipinski definition) is 3. The Hall–Kier alpha value is -3.67. The van der Waals surface area contributed by atoms with E-state index in [1.807, 2.05) is 86.6 Å². The Morgan fingerprint density at radius 3 is 2.18 bits per heavy atom. The third-order valence-corrected chi connectivity index (χ3v) is 5.74. The SMILES string of the molecule is CC(C)C[C@H](CC(=O)O)C(=O)N[C@@H](Cc1ccc2ccccc2c1)C(=O)NCc1ccccc1. The van der Waals surface area contributed by atoms with Crippen molar-refractivity contribution in [3.05, 3.63) is 83.9 Å². The van der Waals surface area contributed by atoms with Crippen molar-refractivity contribution in [2.45, 2.75) is 45.7 Å². The first-order valence-corrected chi connectivity index (χ1v) is 11.6. The molecule has 0 aromatic heterocycles. The number of amides is 2. The lowest BCUT2D eigenvalue weighted by Crippen LogP contribution is -2.49. The molecule has 0 fully saturated rings. The van der Waals surface area contributed by atoms with Crippen LogP contribution in [0.5, 0.6) is 0 Å². The number of hydrogen-bond acceptors (Lipinski definition) is 3. The van der Waals surface area contributed by atoms with Gasteiger partial charge in [-0.1, -0.05) is 86.6 Å². The van der Waals surface area contributed by atoms with Gasteiger partial charge in [0.1, 0.15) is 6.04 Å². The summed E-state index contributed by atoms with van der Waals surface area (Å²) in [6.07, 6.45) is 0.476. The summed E-state index contributed by atoms with van der Waals surface area (Å²) in [5.74, 6) is -2.28. The van der Waals surface area contributed by atoms with Gasteiger partial charge in [0.15, 0.2) is 0 Å². The minimum atomic E-state index is -1.03. The van der Waals surface area contributed by atoms with Gasteiger partial charge in [-0.2, -0.15) is 0 Å². The Balaban J connectivity index is 1.79. The van der Waals surface area contributed by atoms with E-state index in [2.05, 4.69) is 10.6 Å². The third-order valence-electron chi connectivity index (χ3n) is 5.74. The van der Waals surface area contributed by atoms with Gasteiger partial charge in [0, 0.05) is 18.9 Å². The number of carbonyl (C=O) groups is 3. The van der Waals surface area contributed by atoms with Crippen molar-refractivity contribution in [3.8, 4) is 0 Å². The molecule has 3 aromatic rings. The fourth-order valence-electron chi connectivity index (χ4n) is 4.07. The summed E-state index contributed by atoms with van der Waals surface area (Å²) < 4.78 is 0. The van der Waals surface area contributed by atoms with Crippen molar-refractivity contribution in [2.75, 3.05) is 0 Å². The van der Waals surface area contributed by atoms with Gasteiger partial charge < -0.3 is 15.7 Å². The maximum absolute atomic E-state index is 13.1. The second-order valence-corrected chi connectivity index (χ2v) is 9.07. The quantitative estimate of drug-likeness (QED) is 0.397. The fourth-order valence-corrected chi connectivity index (χ4v) is 4.07. The third kappa shape index (κ3) is 7.44. The van der Waals surface area contributed by atoms with Crippen LogP contribution in [0.4, 0.5) is 0 Å². The lowest BCUT2D eigenvalue weighted by molar-refractivity contribution is -0.141. The standard InChI is InChI=1S/C28H32N2O4/c1-19(2)14-24(17-26(31)32)27(33)30-25(28(34)29-18-20-8-4-3-5-9-20)16-21-12-13-22-10-6-7-11-23(22)15-21/h3-13,15,19,24-25H,14,16-18H2,1-2H3,(H,29,34)(H,30,33)(H,31,32)/t24-,25+/m1/s1. The van der Waals surface area contributed by atoms with Crippen LogP contribution in [0, 0.1) is 11.8 Å². The van der Waals surface area contributed by atoms with Crippen LogP contribution in [0.3, 0.4) is 0 Å². The number of carboxylic acid groups (broad SMARTS) is 1. The summed E-state index contributed by atoms with van der Waals surface area (Å²) >= 11 is 0. The number of rotatable bonds is 11. The van der Waals surface area contributed by atoms with Crippen LogP contribution in [-0.4, -0.2) is 28.9 Å². The molecule has 0 saturated carbocycles. The van der Waals surface area contributed by atoms with E-state index >= 15 is 0 Å². The molecule has 3 N–H and O–H groups in total. The summed E-state index contributed by atoms with van der Waals surface area (Å²) in [4.78, 5) is 37.5. The number of fused-ring (bicyclic) bond motifs is 1. The molecule has 0 saturated heterocycles. The molecule has 178 valence electrons. The van der Waals surface area contributed by atoms with Gasteiger partial charge in [-0.3, -0.25) is 14.4 Å². The number of nitrogens with one attached hydrogen (secondary N) is 2. The molecule has 0 spiro atoms. The largest absolute Gasteiger partial charge is 0.481 e. The van der Waals surface area contributed by atoms with Gasteiger partial charge in [0.2, 0.25) is 11.8 Å². The molecular weight excluding hydrogens is 428 g/mol. The first-order chi connectivity index (χ1) is 16.3. The van der Waals surface area contributed by atoms with Gasteiger partial charge in [-0.15, -0.1) is 0 Å². The van der Waals surface area contributed by atoms with Crippen molar-refractivity contribution >= 4 is 28.6 Å². The first-order valence-electron chi connectivity index (χ1n) is 11.6. The second-order valence-electron chi connectivity index (χ2n) is 9.07. The van der Waals surface area contributed by atoms with Crippen molar-refractivity contribution < 1.29 is 19.5 Å². The number of benzene rings is 3. The number of carboxylic acids is 1. The molecule has 34 heavy (non-hydrogen) atoms. The normalized spacial score (nSPS) is 12.8. The highest BCUT2D eigenvalue weighted by Gasteiger charge is 2.28. The van der Waals surface area contributed by atoms with E-state index < -0.39 is 23.8 Å². The van der Waals surface area contributed by atoms with E-state index in [0.29, 0.717) is 19.4 Å². The molecule has 0 radical (unpaired) electrons. The van der Waals surface area contributed by atoms with Gasteiger partial charge in [-0.05, 0) is 34.2 Å². The van der Waals surface area contributed by atoms with Gasteiger partial charge in [-0.25, -0.2) is 0 Å². The van der Waals surface area contributed by atoms with E-state index in [4.69, 9.17) is 0 Å². The Morgan fingerprint density at radius 2 is 1.50 bits per heavy atom. The summed E-state index contributed by atoms with van der Waals surface area (Å²) in [6, 6.07) is 22.7. The molecule has 2 atom stereocenters. The zero-order valence-electron chi connectivity index (χ0n) is 19.7. The van der Waals surface area contributed by atoms with Gasteiger partial charge >= 0.3 is 5.97 Å². The van der Waals surface area contributed by atoms with E-state index in [1.54, 1.807) is 0 Å². The molecule has 0 aliphatic carbocycles. The summed E-state index contributed by atoms with van der Waals surface area (Å²) in [6.45, 7) is 4.23. The van der Waals surface area contributed by atoms with Crippen LogP contribution in [0.2, 0.25) is 0 Å². The molecule has 0 heterocycles. The molecule has 3 rings (SSSR count). The highest BCUT2D eigenvalue weighted by Crippen LogP contribution is 2.19. The number of carbonyl (C=O) groups excluding carboxylic acids is 2. The van der Waals surface area contributed by atoms with Crippen LogP contribution >= 0.6 is 0 Å². The molecule has 0 aliphatic rings. The predicted molar refractivity (Wildman–Crippen MR) is 133 cm³/mol. The summed E-state index contributed by atoms with van der Waals surface area (Å²) in [7, 11) is 0. The van der Waals surface area contributed by atoms with Crippen molar-refractivity contribution in [3.63, 3.8) is 0 Å². The topological polar surface area (TPSA) is 95.5 Å². The smallest absolute Gasteiger partial charge is 0.304 e. The predicted octanol–water partition coefficient (Wildman–Crippen LogP) is 4.32. The molecule has 0 unspecified atom stereocenters. The maximum Gasteiger partial charge on any atom is 0.304 e. The Morgan fingerprint density at radius 1 is 0.824 bits per heavy atom. The minimum Gasteiger partial charge on any atom is -0.481 e. The maximum atomic E-state index is 13.1. The Bertz CT molecular complexity index is 1130. The van der Waals surface area contributed by atoms with E-state index in [-0.39, 0.29) is 18.2 Å². The van der Waals surface area contributed by atoms with Crippen LogP contribution in [0.1, 0.15) is 37.8 Å².